The molecule has 0 aromatic heterocycles. The first-order valence-electron chi connectivity index (χ1n) is 12.2. The van der Waals surface area contributed by atoms with Crippen LogP contribution in [0.15, 0.2) is 47.4 Å². The number of carbonyl (C=O) groups is 2. The lowest BCUT2D eigenvalue weighted by Gasteiger charge is -2.31. The van der Waals surface area contributed by atoms with Crippen molar-refractivity contribution in [3.63, 3.8) is 0 Å². The molecule has 2 amide bonds. The predicted molar refractivity (Wildman–Crippen MR) is 134 cm³/mol. The van der Waals surface area contributed by atoms with Crippen molar-refractivity contribution in [2.45, 2.75) is 44.4 Å². The Hall–Kier alpha value is -2.91. The summed E-state index contributed by atoms with van der Waals surface area (Å²) in [6, 6.07) is 11.9. The number of nitrogens with zero attached hydrogens (tertiary/aromatic N) is 2. The van der Waals surface area contributed by atoms with Gasteiger partial charge in [0.2, 0.25) is 15.9 Å². The highest BCUT2D eigenvalue weighted by atomic mass is 32.2. The molecule has 2 fully saturated rings. The first kappa shape index (κ1) is 25.2. The highest BCUT2D eigenvalue weighted by molar-refractivity contribution is 7.89. The summed E-state index contributed by atoms with van der Waals surface area (Å²) in [7, 11) is -3.64. The van der Waals surface area contributed by atoms with E-state index in [9.17, 15) is 18.0 Å². The number of anilines is 1. The van der Waals surface area contributed by atoms with Crippen molar-refractivity contribution in [2.75, 3.05) is 38.1 Å². The van der Waals surface area contributed by atoms with E-state index < -0.39 is 10.0 Å². The maximum atomic E-state index is 13.1. The molecule has 4 rings (SSSR count). The summed E-state index contributed by atoms with van der Waals surface area (Å²) in [4.78, 5) is 28.2. The molecule has 2 heterocycles. The molecular formula is C26H33N3O5S. The van der Waals surface area contributed by atoms with E-state index in [2.05, 4.69) is 5.32 Å². The second-order valence-electron chi connectivity index (χ2n) is 9.07. The molecule has 0 atom stereocenters. The molecule has 2 aliphatic heterocycles. The van der Waals surface area contributed by atoms with Crippen LogP contribution in [0, 0.1) is 12.8 Å². The quantitative estimate of drug-likeness (QED) is 0.627. The van der Waals surface area contributed by atoms with Crippen LogP contribution in [-0.2, 0) is 14.8 Å². The van der Waals surface area contributed by atoms with Gasteiger partial charge in [-0.1, -0.05) is 12.1 Å². The lowest BCUT2D eigenvalue weighted by atomic mass is 9.96. The van der Waals surface area contributed by atoms with E-state index >= 15 is 0 Å². The standard InChI is InChI=1S/C26H33N3O5S/c1-3-34-21-9-11-22(12-10-21)35(32,33)29-17-13-20(14-18-29)25(30)27-24-19(2)7-6-8-23(24)26(31)28-15-4-5-16-28/h6-12,20H,3-5,13-18H2,1-2H3,(H,27,30). The van der Waals surface area contributed by atoms with E-state index in [1.165, 1.54) is 4.31 Å². The van der Waals surface area contributed by atoms with Crippen LogP contribution in [0.2, 0.25) is 0 Å². The highest BCUT2D eigenvalue weighted by Crippen LogP contribution is 2.28. The van der Waals surface area contributed by atoms with Crippen molar-refractivity contribution in [1.82, 2.24) is 9.21 Å². The number of benzene rings is 2. The Labute approximate surface area is 207 Å². The zero-order valence-corrected chi connectivity index (χ0v) is 21.1. The van der Waals surface area contributed by atoms with Gasteiger partial charge >= 0.3 is 0 Å². The largest absolute Gasteiger partial charge is 0.494 e. The Bertz CT molecular complexity index is 1170. The van der Waals surface area contributed by atoms with Gasteiger partial charge in [0.25, 0.3) is 5.91 Å². The van der Waals surface area contributed by atoms with Crippen molar-refractivity contribution < 1.29 is 22.7 Å². The predicted octanol–water partition coefficient (Wildman–Crippen LogP) is 3.67. The van der Waals surface area contributed by atoms with E-state index in [1.807, 2.05) is 30.9 Å². The smallest absolute Gasteiger partial charge is 0.255 e. The van der Waals surface area contributed by atoms with Gasteiger partial charge < -0.3 is 15.0 Å². The van der Waals surface area contributed by atoms with Crippen molar-refractivity contribution in [3.05, 3.63) is 53.6 Å². The number of hydrogen-bond acceptors (Lipinski definition) is 5. The van der Waals surface area contributed by atoms with Crippen molar-refractivity contribution in [1.29, 1.82) is 0 Å². The van der Waals surface area contributed by atoms with Gasteiger partial charge in [0.15, 0.2) is 0 Å². The van der Waals surface area contributed by atoms with E-state index in [4.69, 9.17) is 4.74 Å². The average molecular weight is 500 g/mol. The number of amides is 2. The van der Waals surface area contributed by atoms with Gasteiger partial charge in [-0.25, -0.2) is 8.42 Å². The number of likely N-dealkylation sites (tertiary alicyclic amines) is 1. The summed E-state index contributed by atoms with van der Waals surface area (Å²) < 4.78 is 32.9. The fraction of sp³-hybridized carbons (Fsp3) is 0.462. The lowest BCUT2D eigenvalue weighted by molar-refractivity contribution is -0.120. The number of nitrogens with one attached hydrogen (secondary N) is 1. The maximum absolute atomic E-state index is 13.1. The van der Waals surface area contributed by atoms with E-state index in [0.717, 1.165) is 31.5 Å². The Balaban J connectivity index is 1.40. The molecule has 188 valence electrons. The van der Waals surface area contributed by atoms with Crippen LogP contribution < -0.4 is 10.1 Å². The van der Waals surface area contributed by atoms with Crippen molar-refractivity contribution in [2.24, 2.45) is 5.92 Å². The lowest BCUT2D eigenvalue weighted by Crippen LogP contribution is -2.41. The molecule has 35 heavy (non-hydrogen) atoms. The number of carbonyl (C=O) groups excluding carboxylic acids is 2. The Morgan fingerprint density at radius 2 is 1.66 bits per heavy atom. The van der Waals surface area contributed by atoms with Gasteiger partial charge in [-0.2, -0.15) is 4.31 Å². The second-order valence-corrected chi connectivity index (χ2v) is 11.0. The number of para-hydroxylation sites is 1. The number of sulfonamides is 1. The number of ether oxygens (including phenoxy) is 1. The van der Waals surface area contributed by atoms with Crippen LogP contribution in [0.5, 0.6) is 5.75 Å². The maximum Gasteiger partial charge on any atom is 0.255 e. The number of aryl methyl sites for hydroxylation is 1. The topological polar surface area (TPSA) is 96.0 Å². The van der Waals surface area contributed by atoms with Crippen LogP contribution >= 0.6 is 0 Å². The van der Waals surface area contributed by atoms with E-state index in [1.54, 1.807) is 30.3 Å². The van der Waals surface area contributed by atoms with Crippen LogP contribution in [-0.4, -0.2) is 62.2 Å². The minimum atomic E-state index is -3.64. The summed E-state index contributed by atoms with van der Waals surface area (Å²) in [6.07, 6.45) is 2.83. The third-order valence-corrected chi connectivity index (χ3v) is 8.65. The molecule has 8 nitrogen and oxygen atoms in total. The summed E-state index contributed by atoms with van der Waals surface area (Å²) in [5, 5.41) is 2.99. The van der Waals surface area contributed by atoms with Gasteiger partial charge in [0.05, 0.1) is 22.8 Å². The van der Waals surface area contributed by atoms with Crippen LogP contribution in [0.3, 0.4) is 0 Å². The fourth-order valence-electron chi connectivity index (χ4n) is 4.71. The Morgan fingerprint density at radius 1 is 1.00 bits per heavy atom. The molecule has 0 unspecified atom stereocenters. The third-order valence-electron chi connectivity index (χ3n) is 6.74. The van der Waals surface area contributed by atoms with Gasteiger partial charge in [-0.15, -0.1) is 0 Å². The molecule has 9 heteroatoms. The van der Waals surface area contributed by atoms with Crippen molar-refractivity contribution >= 4 is 27.5 Å². The minimum Gasteiger partial charge on any atom is -0.494 e. The summed E-state index contributed by atoms with van der Waals surface area (Å²) in [6.45, 7) is 6.27. The number of piperidine rings is 1. The Morgan fingerprint density at radius 3 is 2.29 bits per heavy atom. The number of hydrogen-bond donors (Lipinski definition) is 1. The van der Waals surface area contributed by atoms with E-state index in [-0.39, 0.29) is 35.7 Å². The second kappa shape index (κ2) is 10.8. The summed E-state index contributed by atoms with van der Waals surface area (Å²) >= 11 is 0. The first-order valence-corrected chi connectivity index (χ1v) is 13.7. The summed E-state index contributed by atoms with van der Waals surface area (Å²) in [5.74, 6) is 0.0717. The monoisotopic (exact) mass is 499 g/mol. The molecule has 2 aromatic carbocycles. The molecule has 0 saturated carbocycles. The van der Waals surface area contributed by atoms with E-state index in [0.29, 0.717) is 36.4 Å². The molecule has 2 aliphatic rings. The van der Waals surface area contributed by atoms with Gasteiger partial charge in [-0.05, 0) is 75.4 Å². The molecule has 0 spiro atoms. The molecule has 0 radical (unpaired) electrons. The minimum absolute atomic E-state index is 0.0576. The normalized spacial score (nSPS) is 17.4. The molecule has 2 saturated heterocycles. The third kappa shape index (κ3) is 5.51. The number of rotatable bonds is 7. The fourth-order valence-corrected chi connectivity index (χ4v) is 6.18. The highest BCUT2D eigenvalue weighted by Gasteiger charge is 2.33. The average Bonchev–Trinajstić information content (AvgIpc) is 3.40. The molecule has 2 aromatic rings. The zero-order chi connectivity index (χ0) is 25.0. The van der Waals surface area contributed by atoms with Gasteiger partial charge in [-0.3, -0.25) is 9.59 Å². The molecule has 0 aliphatic carbocycles. The van der Waals surface area contributed by atoms with Gasteiger partial charge in [0, 0.05) is 32.1 Å². The first-order chi connectivity index (χ1) is 16.8. The van der Waals surface area contributed by atoms with Crippen molar-refractivity contribution in [3.8, 4) is 5.75 Å². The Kier molecular flexibility index (Phi) is 7.76. The van der Waals surface area contributed by atoms with Gasteiger partial charge in [0.1, 0.15) is 5.75 Å². The molecule has 0 bridgehead atoms. The van der Waals surface area contributed by atoms with Crippen LogP contribution in [0.25, 0.3) is 0 Å². The molecular weight excluding hydrogens is 466 g/mol. The van der Waals surface area contributed by atoms with Crippen LogP contribution in [0.1, 0.15) is 48.5 Å². The van der Waals surface area contributed by atoms with Crippen LogP contribution in [0.4, 0.5) is 5.69 Å². The SMILES string of the molecule is CCOc1ccc(S(=O)(=O)N2CCC(C(=O)Nc3c(C)cccc3C(=O)N3CCCC3)CC2)cc1. The zero-order valence-electron chi connectivity index (χ0n) is 20.3. The molecule has 1 N–H and O–H groups in total. The summed E-state index contributed by atoms with van der Waals surface area (Å²) in [5.41, 5.74) is 1.90.